The van der Waals surface area contributed by atoms with Crippen LogP contribution in [0.1, 0.15) is 245 Å². The van der Waals surface area contributed by atoms with Gasteiger partial charge >= 0.3 is 17.9 Å². The van der Waals surface area contributed by atoms with Crippen molar-refractivity contribution in [2.24, 2.45) is 0 Å². The highest BCUT2D eigenvalue weighted by molar-refractivity contribution is 5.71. The molecule has 0 saturated heterocycles. The number of allylic oxidation sites excluding steroid dienone is 16. The Morgan fingerprint density at radius 2 is 0.667 bits per heavy atom. The van der Waals surface area contributed by atoms with Gasteiger partial charge in [-0.3, -0.25) is 14.4 Å². The van der Waals surface area contributed by atoms with Crippen LogP contribution in [0.4, 0.5) is 0 Å². The molecule has 0 radical (unpaired) electrons. The van der Waals surface area contributed by atoms with Gasteiger partial charge in [-0.25, -0.2) is 0 Å². The molecule has 1 unspecified atom stereocenters. The van der Waals surface area contributed by atoms with Crippen molar-refractivity contribution in [2.45, 2.75) is 252 Å². The molecule has 0 spiro atoms. The minimum Gasteiger partial charge on any atom is -0.462 e. The van der Waals surface area contributed by atoms with Crippen molar-refractivity contribution in [3.63, 3.8) is 0 Å². The monoisotopic (exact) mass is 917 g/mol. The number of hydrogen-bond donors (Lipinski definition) is 0. The summed E-state index contributed by atoms with van der Waals surface area (Å²) in [4.78, 5) is 38.0. The van der Waals surface area contributed by atoms with Crippen molar-refractivity contribution in [1.82, 2.24) is 0 Å². The molecule has 0 saturated carbocycles. The summed E-state index contributed by atoms with van der Waals surface area (Å²) in [7, 11) is 0. The summed E-state index contributed by atoms with van der Waals surface area (Å²) in [6.45, 7) is 6.41. The second kappa shape index (κ2) is 53.9. The number of hydrogen-bond acceptors (Lipinski definition) is 6. The highest BCUT2D eigenvalue weighted by atomic mass is 16.6. The van der Waals surface area contributed by atoms with Gasteiger partial charge in [-0.2, -0.15) is 0 Å². The van der Waals surface area contributed by atoms with Crippen LogP contribution in [0.2, 0.25) is 0 Å². The summed E-state index contributed by atoms with van der Waals surface area (Å²) >= 11 is 0. The third-order valence-electron chi connectivity index (χ3n) is 11.4. The fraction of sp³-hybridized carbons (Fsp3) is 0.683. The average molecular weight is 917 g/mol. The number of ether oxygens (including phenoxy) is 3. The lowest BCUT2D eigenvalue weighted by molar-refractivity contribution is -0.167. The van der Waals surface area contributed by atoms with Crippen molar-refractivity contribution < 1.29 is 28.6 Å². The first-order valence-electron chi connectivity index (χ1n) is 27.3. The summed E-state index contributed by atoms with van der Waals surface area (Å²) in [6.07, 6.45) is 71.1. The molecule has 0 aliphatic carbocycles. The Morgan fingerprint density at radius 1 is 0.333 bits per heavy atom. The van der Waals surface area contributed by atoms with Crippen LogP contribution < -0.4 is 0 Å². The molecular formula is C60H100O6. The Bertz CT molecular complexity index is 1330. The van der Waals surface area contributed by atoms with E-state index in [1.807, 2.05) is 0 Å². The van der Waals surface area contributed by atoms with Crippen molar-refractivity contribution >= 4 is 17.9 Å². The van der Waals surface area contributed by atoms with E-state index >= 15 is 0 Å². The highest BCUT2D eigenvalue weighted by Gasteiger charge is 2.19. The lowest BCUT2D eigenvalue weighted by Crippen LogP contribution is -2.30. The van der Waals surface area contributed by atoms with Gasteiger partial charge in [-0.15, -0.1) is 0 Å². The standard InChI is InChI=1S/C60H100O6/c1-4-7-10-13-16-19-22-25-27-29-31-32-35-38-41-44-47-50-53-59(62)65-56-57(55-64-58(61)52-49-46-43-40-37-34-24-21-18-15-12-9-6-3)66-60(63)54-51-48-45-42-39-36-33-30-28-26-23-20-17-14-11-8-5-2/h9,12,15,17-18,20-21,24,26,28,31-33,36,42,45,57H,4-8,10-11,13-14,16,19,22-23,25,27,29-30,34-35,37-41,43-44,46-56H2,1-3H3/b12-9-,18-15-,20-17-,24-21-,28-26-,32-31-,36-33-,45-42-. The van der Waals surface area contributed by atoms with Crippen LogP contribution in [0.5, 0.6) is 0 Å². The molecule has 66 heavy (non-hydrogen) atoms. The summed E-state index contributed by atoms with van der Waals surface area (Å²) < 4.78 is 16.8. The minimum absolute atomic E-state index is 0.111. The van der Waals surface area contributed by atoms with Crippen LogP contribution in [0.15, 0.2) is 97.2 Å². The Balaban J connectivity index is 4.50. The molecule has 0 heterocycles. The van der Waals surface area contributed by atoms with E-state index in [2.05, 4.69) is 118 Å². The summed E-state index contributed by atoms with van der Waals surface area (Å²) in [5, 5.41) is 0. The molecule has 0 amide bonds. The predicted molar refractivity (Wildman–Crippen MR) is 284 cm³/mol. The molecule has 0 aliphatic heterocycles. The van der Waals surface area contributed by atoms with E-state index in [1.165, 1.54) is 96.3 Å². The third-order valence-corrected chi connectivity index (χ3v) is 11.4. The zero-order chi connectivity index (χ0) is 47.9. The van der Waals surface area contributed by atoms with E-state index in [1.54, 1.807) is 0 Å². The molecule has 0 N–H and O–H groups in total. The first-order valence-corrected chi connectivity index (χ1v) is 27.3. The molecule has 0 aliphatic rings. The zero-order valence-corrected chi connectivity index (χ0v) is 42.9. The fourth-order valence-corrected chi connectivity index (χ4v) is 7.25. The van der Waals surface area contributed by atoms with Crippen LogP contribution >= 0.6 is 0 Å². The molecule has 1 atom stereocenters. The van der Waals surface area contributed by atoms with Gasteiger partial charge < -0.3 is 14.2 Å². The first-order chi connectivity index (χ1) is 32.5. The van der Waals surface area contributed by atoms with Crippen molar-refractivity contribution in [3.8, 4) is 0 Å². The van der Waals surface area contributed by atoms with E-state index in [0.29, 0.717) is 19.3 Å². The SMILES string of the molecule is CC\C=C/C=C\C=C/CCCCCCCC(=O)OCC(COC(=O)CCCCCCC/C=C\CCCCCCCCCCC)OC(=O)CCC/C=C\C/C=C\C/C=C\C/C=C\CCCCC. The van der Waals surface area contributed by atoms with Gasteiger partial charge in [0.25, 0.3) is 0 Å². The van der Waals surface area contributed by atoms with Gasteiger partial charge in [0.05, 0.1) is 0 Å². The van der Waals surface area contributed by atoms with Crippen LogP contribution in [0.25, 0.3) is 0 Å². The lowest BCUT2D eigenvalue weighted by Gasteiger charge is -2.18. The molecule has 0 aromatic heterocycles. The lowest BCUT2D eigenvalue weighted by atomic mass is 10.1. The molecule has 0 aromatic carbocycles. The zero-order valence-electron chi connectivity index (χ0n) is 42.9. The van der Waals surface area contributed by atoms with Crippen molar-refractivity contribution in [1.29, 1.82) is 0 Å². The average Bonchev–Trinajstić information content (AvgIpc) is 3.31. The Kier molecular flexibility index (Phi) is 50.9. The number of unbranched alkanes of at least 4 members (excludes halogenated alkanes) is 23. The van der Waals surface area contributed by atoms with E-state index in [-0.39, 0.29) is 37.5 Å². The van der Waals surface area contributed by atoms with Crippen molar-refractivity contribution in [3.05, 3.63) is 97.2 Å². The number of carbonyl (C=O) groups is 3. The topological polar surface area (TPSA) is 78.9 Å². The van der Waals surface area contributed by atoms with Crippen LogP contribution in [-0.2, 0) is 28.6 Å². The van der Waals surface area contributed by atoms with Crippen LogP contribution in [0.3, 0.4) is 0 Å². The van der Waals surface area contributed by atoms with Gasteiger partial charge in [-0.1, -0.05) is 221 Å². The predicted octanol–water partition coefficient (Wildman–Crippen LogP) is 18.1. The maximum Gasteiger partial charge on any atom is 0.306 e. The van der Waals surface area contributed by atoms with Crippen LogP contribution in [0, 0.1) is 0 Å². The highest BCUT2D eigenvalue weighted by Crippen LogP contribution is 2.14. The number of carbonyl (C=O) groups excluding carboxylic acids is 3. The number of esters is 3. The number of rotatable bonds is 48. The van der Waals surface area contributed by atoms with Crippen LogP contribution in [-0.4, -0.2) is 37.2 Å². The smallest absolute Gasteiger partial charge is 0.306 e. The molecule has 6 heteroatoms. The molecule has 0 fully saturated rings. The summed E-state index contributed by atoms with van der Waals surface area (Å²) in [5.74, 6) is -0.997. The van der Waals surface area contributed by atoms with Gasteiger partial charge in [0.1, 0.15) is 13.2 Å². The van der Waals surface area contributed by atoms with E-state index in [9.17, 15) is 14.4 Å². The quantitative estimate of drug-likeness (QED) is 0.0199. The van der Waals surface area contributed by atoms with E-state index in [0.717, 1.165) is 103 Å². The summed E-state index contributed by atoms with van der Waals surface area (Å²) in [5.41, 5.74) is 0. The molecular weight excluding hydrogens is 817 g/mol. The molecule has 376 valence electrons. The van der Waals surface area contributed by atoms with Gasteiger partial charge in [0.2, 0.25) is 0 Å². The minimum atomic E-state index is -0.819. The molecule has 0 bridgehead atoms. The van der Waals surface area contributed by atoms with Crippen molar-refractivity contribution in [2.75, 3.05) is 13.2 Å². The Labute approximate surface area is 407 Å². The largest absolute Gasteiger partial charge is 0.462 e. The Hall–Kier alpha value is -3.67. The van der Waals surface area contributed by atoms with E-state index in [4.69, 9.17) is 14.2 Å². The van der Waals surface area contributed by atoms with Gasteiger partial charge in [-0.05, 0) is 103 Å². The first kappa shape index (κ1) is 62.3. The fourth-order valence-electron chi connectivity index (χ4n) is 7.25. The third kappa shape index (κ3) is 51.3. The molecule has 0 rings (SSSR count). The second-order valence-corrected chi connectivity index (χ2v) is 17.8. The van der Waals surface area contributed by atoms with E-state index < -0.39 is 6.10 Å². The molecule has 6 nitrogen and oxygen atoms in total. The Morgan fingerprint density at radius 3 is 1.14 bits per heavy atom. The maximum atomic E-state index is 12.8. The molecule has 0 aromatic rings. The summed E-state index contributed by atoms with van der Waals surface area (Å²) in [6, 6.07) is 0. The maximum absolute atomic E-state index is 12.8. The van der Waals surface area contributed by atoms with Gasteiger partial charge in [0, 0.05) is 19.3 Å². The normalized spacial score (nSPS) is 12.8. The van der Waals surface area contributed by atoms with Gasteiger partial charge in [0.15, 0.2) is 6.10 Å². The second-order valence-electron chi connectivity index (χ2n) is 17.8.